The monoisotopic (exact) mass is 487 g/mol. The molecule has 176 valence electrons. The molecule has 5 rings (SSSR count). The first-order chi connectivity index (χ1) is 17.0. The average molecular weight is 488 g/mol. The second-order valence-corrected chi connectivity index (χ2v) is 8.65. The third kappa shape index (κ3) is 4.17. The molecule has 35 heavy (non-hydrogen) atoms. The Morgan fingerprint density at radius 2 is 1.86 bits per heavy atom. The van der Waals surface area contributed by atoms with Crippen molar-refractivity contribution < 1.29 is 23.8 Å². The Morgan fingerprint density at radius 1 is 1.06 bits per heavy atom. The van der Waals surface area contributed by atoms with E-state index >= 15 is 0 Å². The van der Waals surface area contributed by atoms with Crippen LogP contribution in [-0.2, 0) is 4.79 Å². The summed E-state index contributed by atoms with van der Waals surface area (Å²) >= 11 is 6.07. The zero-order chi connectivity index (χ0) is 24.5. The van der Waals surface area contributed by atoms with E-state index in [0.717, 1.165) is 6.42 Å². The summed E-state index contributed by atoms with van der Waals surface area (Å²) < 4.78 is 11.5. The molecule has 0 spiro atoms. The van der Waals surface area contributed by atoms with Crippen LogP contribution in [0.15, 0.2) is 94.6 Å². The number of hydrogen-bond donors (Lipinski definition) is 1. The number of nitrogens with zero attached hydrogens (tertiary/aromatic N) is 1. The Kier molecular flexibility index (Phi) is 6.05. The minimum absolute atomic E-state index is 0.0134. The number of halogens is 1. The molecule has 1 unspecified atom stereocenters. The lowest BCUT2D eigenvalue weighted by Crippen LogP contribution is -2.31. The molecule has 0 radical (unpaired) electrons. The minimum atomic E-state index is -0.852. The Morgan fingerprint density at radius 3 is 2.63 bits per heavy atom. The highest BCUT2D eigenvalue weighted by molar-refractivity contribution is 6.31. The zero-order valence-corrected chi connectivity index (χ0v) is 19.7. The molecule has 1 aliphatic heterocycles. The number of ether oxygens (including phenoxy) is 1. The Balaban J connectivity index is 1.61. The van der Waals surface area contributed by atoms with Gasteiger partial charge in [-0.1, -0.05) is 54.9 Å². The van der Waals surface area contributed by atoms with Crippen LogP contribution in [0.3, 0.4) is 0 Å². The third-order valence-corrected chi connectivity index (χ3v) is 6.07. The van der Waals surface area contributed by atoms with Crippen LogP contribution < -0.4 is 9.64 Å². The van der Waals surface area contributed by atoms with Crippen molar-refractivity contribution in [3.63, 3.8) is 0 Å². The van der Waals surface area contributed by atoms with Crippen LogP contribution in [0.4, 0.5) is 5.69 Å². The minimum Gasteiger partial charge on any atom is -0.503 e. The van der Waals surface area contributed by atoms with Gasteiger partial charge in [0.2, 0.25) is 5.78 Å². The summed E-state index contributed by atoms with van der Waals surface area (Å²) in [6.07, 6.45) is 0.837. The molecule has 0 aliphatic carbocycles. The number of amides is 1. The van der Waals surface area contributed by atoms with E-state index in [1.165, 1.54) is 4.90 Å². The van der Waals surface area contributed by atoms with Crippen LogP contribution in [-0.4, -0.2) is 23.4 Å². The summed E-state index contributed by atoms with van der Waals surface area (Å²) in [4.78, 5) is 28.4. The van der Waals surface area contributed by atoms with E-state index < -0.39 is 23.5 Å². The van der Waals surface area contributed by atoms with Crippen LogP contribution in [0.5, 0.6) is 5.75 Å². The molecule has 0 fully saturated rings. The van der Waals surface area contributed by atoms with E-state index in [4.69, 9.17) is 20.8 Å². The van der Waals surface area contributed by atoms with Gasteiger partial charge in [0, 0.05) is 22.2 Å². The number of carbonyl (C=O) groups excluding carboxylic acids is 2. The van der Waals surface area contributed by atoms with Gasteiger partial charge in [-0.05, 0) is 48.4 Å². The van der Waals surface area contributed by atoms with Crippen LogP contribution in [0.2, 0.25) is 5.02 Å². The maximum absolute atomic E-state index is 13.7. The third-order valence-electron chi connectivity index (χ3n) is 5.84. The van der Waals surface area contributed by atoms with E-state index in [1.54, 1.807) is 48.5 Å². The second-order valence-electron chi connectivity index (χ2n) is 8.22. The molecule has 1 atom stereocenters. The quantitative estimate of drug-likeness (QED) is 0.295. The summed E-state index contributed by atoms with van der Waals surface area (Å²) in [5.74, 6) is -1.24. The lowest BCUT2D eigenvalue weighted by Gasteiger charge is -2.27. The number of ketones is 1. The smallest absolute Gasteiger partial charge is 0.294 e. The van der Waals surface area contributed by atoms with Crippen molar-refractivity contribution in [1.82, 2.24) is 0 Å². The molecule has 0 saturated carbocycles. The molecule has 0 bridgehead atoms. The van der Waals surface area contributed by atoms with Crippen LogP contribution >= 0.6 is 11.6 Å². The molecule has 1 aliphatic rings. The fraction of sp³-hybridized carbons (Fsp3) is 0.143. The number of aliphatic hydroxyl groups excluding tert-OH is 1. The number of anilines is 1. The maximum atomic E-state index is 13.7. The fourth-order valence-corrected chi connectivity index (χ4v) is 4.44. The first kappa shape index (κ1) is 22.7. The first-order valence-corrected chi connectivity index (χ1v) is 11.6. The van der Waals surface area contributed by atoms with Crippen molar-refractivity contribution in [3.05, 3.63) is 107 Å². The highest BCUT2D eigenvalue weighted by Crippen LogP contribution is 2.43. The van der Waals surface area contributed by atoms with Crippen molar-refractivity contribution >= 4 is 39.9 Å². The predicted octanol–water partition coefficient (Wildman–Crippen LogP) is 6.66. The van der Waals surface area contributed by atoms with Crippen LogP contribution in [0.1, 0.15) is 35.5 Å². The fourth-order valence-electron chi connectivity index (χ4n) is 4.26. The van der Waals surface area contributed by atoms with E-state index in [2.05, 4.69) is 0 Å². The topological polar surface area (TPSA) is 80.0 Å². The van der Waals surface area contributed by atoms with E-state index in [0.29, 0.717) is 39.6 Å². The highest BCUT2D eigenvalue weighted by atomic mass is 35.5. The van der Waals surface area contributed by atoms with Gasteiger partial charge in [0.25, 0.3) is 5.91 Å². The summed E-state index contributed by atoms with van der Waals surface area (Å²) in [7, 11) is 0. The summed E-state index contributed by atoms with van der Waals surface area (Å²) in [6.45, 7) is 2.54. The Labute approximate surface area is 207 Å². The van der Waals surface area contributed by atoms with Gasteiger partial charge < -0.3 is 14.3 Å². The lowest BCUT2D eigenvalue weighted by atomic mass is 9.95. The summed E-state index contributed by atoms with van der Waals surface area (Å²) in [5.41, 5.74) is 1.61. The number of hydrogen-bond acceptors (Lipinski definition) is 5. The standard InChI is InChI=1S/C28H22ClNO5/c1-2-13-34-21-10-6-9-20(16-21)30-25(17-7-4-3-5-8-17)24(27(32)28(30)33)26(31)23-15-18-14-19(29)11-12-22(18)35-23/h3-12,14-16,25,32H,2,13H2,1H3. The molecule has 2 heterocycles. The Hall–Kier alpha value is -4.03. The number of furan rings is 1. The molecule has 1 N–H and O–H groups in total. The summed E-state index contributed by atoms with van der Waals surface area (Å²) in [5, 5.41) is 12.1. The van der Waals surface area contributed by atoms with Gasteiger partial charge in [-0.25, -0.2) is 0 Å². The van der Waals surface area contributed by atoms with Crippen molar-refractivity contribution in [2.24, 2.45) is 0 Å². The van der Waals surface area contributed by atoms with Crippen LogP contribution in [0, 0.1) is 0 Å². The average Bonchev–Trinajstić information content (AvgIpc) is 3.41. The van der Waals surface area contributed by atoms with Gasteiger partial charge in [-0.3, -0.25) is 14.5 Å². The van der Waals surface area contributed by atoms with Gasteiger partial charge in [0.15, 0.2) is 11.5 Å². The van der Waals surface area contributed by atoms with E-state index in [1.807, 2.05) is 37.3 Å². The number of benzene rings is 3. The van der Waals surface area contributed by atoms with Crippen LogP contribution in [0.25, 0.3) is 11.0 Å². The molecule has 7 heteroatoms. The molecule has 4 aromatic rings. The van der Waals surface area contributed by atoms with Gasteiger partial charge in [-0.15, -0.1) is 0 Å². The molecule has 3 aromatic carbocycles. The van der Waals surface area contributed by atoms with Crippen molar-refractivity contribution in [2.45, 2.75) is 19.4 Å². The summed E-state index contributed by atoms with van der Waals surface area (Å²) in [6, 6.07) is 21.9. The SMILES string of the molecule is CCCOc1cccc(N2C(=O)C(O)=C(C(=O)c3cc4cc(Cl)ccc4o3)C2c2ccccc2)c1. The Bertz CT molecular complexity index is 1460. The second kappa shape index (κ2) is 9.31. The molecule has 1 aromatic heterocycles. The van der Waals surface area contributed by atoms with E-state index in [9.17, 15) is 14.7 Å². The molecule has 6 nitrogen and oxygen atoms in total. The lowest BCUT2D eigenvalue weighted by molar-refractivity contribution is -0.117. The zero-order valence-electron chi connectivity index (χ0n) is 18.9. The molecular formula is C28H22ClNO5. The highest BCUT2D eigenvalue weighted by Gasteiger charge is 2.45. The number of fused-ring (bicyclic) bond motifs is 1. The predicted molar refractivity (Wildman–Crippen MR) is 134 cm³/mol. The van der Waals surface area contributed by atoms with E-state index in [-0.39, 0.29) is 11.3 Å². The number of aliphatic hydroxyl groups is 1. The van der Waals surface area contributed by atoms with Crippen molar-refractivity contribution in [3.8, 4) is 5.75 Å². The van der Waals surface area contributed by atoms with Gasteiger partial charge in [0.1, 0.15) is 11.3 Å². The molecule has 1 amide bonds. The molecule has 0 saturated heterocycles. The van der Waals surface area contributed by atoms with Crippen molar-refractivity contribution in [2.75, 3.05) is 11.5 Å². The normalized spacial score (nSPS) is 15.8. The number of carbonyl (C=O) groups is 2. The largest absolute Gasteiger partial charge is 0.503 e. The molecular weight excluding hydrogens is 466 g/mol. The number of rotatable bonds is 7. The van der Waals surface area contributed by atoms with Gasteiger partial charge in [-0.2, -0.15) is 0 Å². The first-order valence-electron chi connectivity index (χ1n) is 11.3. The maximum Gasteiger partial charge on any atom is 0.294 e. The van der Waals surface area contributed by atoms with Crippen molar-refractivity contribution in [1.29, 1.82) is 0 Å². The number of Topliss-reactive ketones (excluding diaryl/α,β-unsaturated/α-hetero) is 1. The van der Waals surface area contributed by atoms with Gasteiger partial charge >= 0.3 is 0 Å². The van der Waals surface area contributed by atoms with Gasteiger partial charge in [0.05, 0.1) is 18.2 Å².